The van der Waals surface area contributed by atoms with E-state index in [4.69, 9.17) is 4.42 Å². The van der Waals surface area contributed by atoms with Gasteiger partial charge in [0.15, 0.2) is 5.76 Å². The summed E-state index contributed by atoms with van der Waals surface area (Å²) in [5.74, 6) is 0.231. The second kappa shape index (κ2) is 6.69. The van der Waals surface area contributed by atoms with Crippen LogP contribution in [0.25, 0.3) is 11.5 Å². The Labute approximate surface area is 131 Å². The number of amides is 1. The van der Waals surface area contributed by atoms with E-state index in [1.165, 1.54) is 12.3 Å². The Balaban J connectivity index is 1.68. The molecule has 0 aliphatic heterocycles. The van der Waals surface area contributed by atoms with Gasteiger partial charge in [-0.25, -0.2) is 4.68 Å². The molecule has 116 valence electrons. The number of hydrogen-bond acceptors (Lipinski definition) is 5. The van der Waals surface area contributed by atoms with Crippen LogP contribution in [-0.2, 0) is 17.9 Å². The fourth-order valence-corrected chi connectivity index (χ4v) is 2.01. The Morgan fingerprint density at radius 3 is 2.87 bits per heavy atom. The molecule has 3 heterocycles. The molecule has 1 amide bonds. The fourth-order valence-electron chi connectivity index (χ4n) is 2.01. The first-order valence-electron chi connectivity index (χ1n) is 7.00. The summed E-state index contributed by atoms with van der Waals surface area (Å²) in [4.78, 5) is 27.8. The molecule has 0 aromatic carbocycles. The van der Waals surface area contributed by atoms with Crippen LogP contribution in [-0.4, -0.2) is 20.7 Å². The summed E-state index contributed by atoms with van der Waals surface area (Å²) in [6.07, 6.45) is 4.85. The lowest BCUT2D eigenvalue weighted by atomic mass is 10.3. The van der Waals surface area contributed by atoms with Crippen molar-refractivity contribution in [2.75, 3.05) is 0 Å². The highest BCUT2D eigenvalue weighted by Crippen LogP contribution is 2.14. The van der Waals surface area contributed by atoms with Crippen LogP contribution in [0, 0.1) is 0 Å². The molecule has 0 spiro atoms. The van der Waals surface area contributed by atoms with Crippen LogP contribution in [0.15, 0.2) is 64.3 Å². The molecule has 0 aliphatic carbocycles. The molecule has 0 radical (unpaired) electrons. The van der Waals surface area contributed by atoms with Gasteiger partial charge in [0.25, 0.3) is 5.56 Å². The second-order valence-electron chi connectivity index (χ2n) is 4.83. The molecule has 3 aromatic rings. The van der Waals surface area contributed by atoms with Gasteiger partial charge < -0.3 is 9.73 Å². The Morgan fingerprint density at radius 1 is 1.22 bits per heavy atom. The molecule has 1 N–H and O–H groups in total. The summed E-state index contributed by atoms with van der Waals surface area (Å²) >= 11 is 0. The lowest BCUT2D eigenvalue weighted by molar-refractivity contribution is -0.122. The molecule has 3 rings (SSSR count). The monoisotopic (exact) mass is 310 g/mol. The van der Waals surface area contributed by atoms with Crippen molar-refractivity contribution in [1.82, 2.24) is 20.1 Å². The van der Waals surface area contributed by atoms with Crippen molar-refractivity contribution < 1.29 is 9.21 Å². The van der Waals surface area contributed by atoms with Gasteiger partial charge >= 0.3 is 0 Å². The maximum atomic E-state index is 12.0. The predicted molar refractivity (Wildman–Crippen MR) is 82.3 cm³/mol. The number of nitrogens with zero attached hydrogens (tertiary/aromatic N) is 3. The number of furan rings is 1. The minimum Gasteiger partial charge on any atom is -0.463 e. The summed E-state index contributed by atoms with van der Waals surface area (Å²) in [7, 11) is 0. The highest BCUT2D eigenvalue weighted by Gasteiger charge is 2.09. The molecule has 0 saturated heterocycles. The van der Waals surface area contributed by atoms with Crippen LogP contribution >= 0.6 is 0 Å². The molecular formula is C16H14N4O3. The van der Waals surface area contributed by atoms with Crippen LogP contribution in [0.4, 0.5) is 0 Å². The van der Waals surface area contributed by atoms with Gasteiger partial charge in [0, 0.05) is 25.0 Å². The number of carbonyl (C=O) groups is 1. The van der Waals surface area contributed by atoms with E-state index in [-0.39, 0.29) is 18.0 Å². The average molecular weight is 310 g/mol. The van der Waals surface area contributed by atoms with Gasteiger partial charge in [-0.1, -0.05) is 6.07 Å². The summed E-state index contributed by atoms with van der Waals surface area (Å²) in [6.45, 7) is 0.187. The van der Waals surface area contributed by atoms with Gasteiger partial charge in [-0.15, -0.1) is 0 Å². The van der Waals surface area contributed by atoms with E-state index in [2.05, 4.69) is 15.4 Å². The zero-order valence-corrected chi connectivity index (χ0v) is 12.2. The van der Waals surface area contributed by atoms with Gasteiger partial charge in [0.05, 0.1) is 6.26 Å². The van der Waals surface area contributed by atoms with Gasteiger partial charge in [-0.05, 0) is 29.8 Å². The van der Waals surface area contributed by atoms with E-state index >= 15 is 0 Å². The van der Waals surface area contributed by atoms with Gasteiger partial charge in [0.1, 0.15) is 12.2 Å². The van der Waals surface area contributed by atoms with Crippen molar-refractivity contribution in [3.05, 3.63) is 71.0 Å². The minimum atomic E-state index is -0.350. The van der Waals surface area contributed by atoms with E-state index in [0.717, 1.165) is 10.2 Å². The third-order valence-corrected chi connectivity index (χ3v) is 3.15. The van der Waals surface area contributed by atoms with E-state index in [9.17, 15) is 9.59 Å². The third-order valence-electron chi connectivity index (χ3n) is 3.15. The Morgan fingerprint density at radius 2 is 2.13 bits per heavy atom. The zero-order valence-electron chi connectivity index (χ0n) is 12.2. The van der Waals surface area contributed by atoms with Crippen molar-refractivity contribution in [2.24, 2.45) is 0 Å². The largest absolute Gasteiger partial charge is 0.463 e. The SMILES string of the molecule is O=C(Cn1nc(-c2ccco2)ccc1=O)NCc1cccnc1. The molecule has 23 heavy (non-hydrogen) atoms. The maximum absolute atomic E-state index is 12.0. The van der Waals surface area contributed by atoms with E-state index in [0.29, 0.717) is 18.0 Å². The number of nitrogens with one attached hydrogen (secondary N) is 1. The number of aromatic nitrogens is 3. The van der Waals surface area contributed by atoms with Crippen molar-refractivity contribution in [1.29, 1.82) is 0 Å². The molecule has 0 unspecified atom stereocenters. The molecule has 7 heteroatoms. The first-order chi connectivity index (χ1) is 11.2. The number of rotatable bonds is 5. The maximum Gasteiger partial charge on any atom is 0.267 e. The third kappa shape index (κ3) is 3.70. The van der Waals surface area contributed by atoms with E-state index < -0.39 is 0 Å². The molecule has 0 aliphatic rings. The van der Waals surface area contributed by atoms with Crippen LogP contribution in [0.5, 0.6) is 0 Å². The predicted octanol–water partition coefficient (Wildman–Crippen LogP) is 1.21. The van der Waals surface area contributed by atoms with Gasteiger partial charge in [-0.2, -0.15) is 5.10 Å². The number of carbonyl (C=O) groups excluding carboxylic acids is 1. The van der Waals surface area contributed by atoms with E-state index in [1.807, 2.05) is 6.07 Å². The van der Waals surface area contributed by atoms with Crippen LogP contribution in [0.1, 0.15) is 5.56 Å². The molecule has 7 nitrogen and oxygen atoms in total. The Hall–Kier alpha value is -3.22. The lowest BCUT2D eigenvalue weighted by Gasteiger charge is -2.07. The number of hydrogen-bond donors (Lipinski definition) is 1. The van der Waals surface area contributed by atoms with Crippen LogP contribution in [0.3, 0.4) is 0 Å². The number of pyridine rings is 1. The lowest BCUT2D eigenvalue weighted by Crippen LogP contribution is -2.33. The van der Waals surface area contributed by atoms with E-state index in [1.54, 1.807) is 36.7 Å². The smallest absolute Gasteiger partial charge is 0.267 e. The Bertz CT molecular complexity index is 841. The van der Waals surface area contributed by atoms with Crippen molar-refractivity contribution >= 4 is 5.91 Å². The topological polar surface area (TPSA) is 90.0 Å². The summed E-state index contributed by atoms with van der Waals surface area (Å²) in [5.41, 5.74) is 1.02. The molecule has 3 aromatic heterocycles. The van der Waals surface area contributed by atoms with Crippen LogP contribution < -0.4 is 10.9 Å². The standard InChI is InChI=1S/C16H14N4O3/c21-15(18-10-12-3-1-7-17-9-12)11-20-16(22)6-5-13(19-20)14-4-2-8-23-14/h1-9H,10-11H2,(H,18,21). The average Bonchev–Trinajstić information content (AvgIpc) is 3.10. The minimum absolute atomic E-state index is 0.159. The second-order valence-corrected chi connectivity index (χ2v) is 4.83. The highest BCUT2D eigenvalue weighted by molar-refractivity contribution is 5.75. The first kappa shape index (κ1) is 14.7. The molecule has 0 saturated carbocycles. The summed E-state index contributed by atoms with van der Waals surface area (Å²) in [6, 6.07) is 10.0. The quantitative estimate of drug-likeness (QED) is 0.765. The van der Waals surface area contributed by atoms with Crippen molar-refractivity contribution in [3.63, 3.8) is 0 Å². The Kier molecular flexibility index (Phi) is 4.28. The fraction of sp³-hybridized carbons (Fsp3) is 0.125. The highest BCUT2D eigenvalue weighted by atomic mass is 16.3. The molecule has 0 fully saturated rings. The first-order valence-corrected chi connectivity index (χ1v) is 7.00. The summed E-state index contributed by atoms with van der Waals surface area (Å²) < 4.78 is 6.35. The van der Waals surface area contributed by atoms with Crippen molar-refractivity contribution in [3.8, 4) is 11.5 Å². The molecular weight excluding hydrogens is 296 g/mol. The zero-order chi connectivity index (χ0) is 16.1. The molecule has 0 bridgehead atoms. The van der Waals surface area contributed by atoms with Crippen LogP contribution in [0.2, 0.25) is 0 Å². The normalized spacial score (nSPS) is 10.4. The van der Waals surface area contributed by atoms with Gasteiger partial charge in [0.2, 0.25) is 5.91 Å². The summed E-state index contributed by atoms with van der Waals surface area (Å²) in [5, 5.41) is 6.87. The molecule has 0 atom stereocenters. The van der Waals surface area contributed by atoms with Crippen molar-refractivity contribution in [2.45, 2.75) is 13.1 Å². The van der Waals surface area contributed by atoms with Gasteiger partial charge in [-0.3, -0.25) is 14.6 Å².